The minimum atomic E-state index is -1.42. The van der Waals surface area contributed by atoms with Gasteiger partial charge in [0.25, 0.3) is 0 Å². The van der Waals surface area contributed by atoms with Gasteiger partial charge < -0.3 is 10.0 Å². The average molecular weight is 250 g/mol. The lowest BCUT2D eigenvalue weighted by Crippen LogP contribution is -2.29. The van der Waals surface area contributed by atoms with E-state index >= 15 is 0 Å². The molecule has 2 rings (SSSR count). The third kappa shape index (κ3) is 3.05. The van der Waals surface area contributed by atoms with E-state index in [1.807, 2.05) is 12.1 Å². The first-order valence-electron chi connectivity index (χ1n) is 4.97. The van der Waals surface area contributed by atoms with Crippen LogP contribution in [0.3, 0.4) is 0 Å². The smallest absolute Gasteiger partial charge is 0.423 e. The molecule has 88 valence electrons. The van der Waals surface area contributed by atoms with Gasteiger partial charge in [0.15, 0.2) is 0 Å². The molecule has 8 heteroatoms. The van der Waals surface area contributed by atoms with E-state index in [1.165, 1.54) is 11.8 Å². The second-order valence-corrected chi connectivity index (χ2v) is 4.43. The van der Waals surface area contributed by atoms with E-state index in [0.717, 1.165) is 16.5 Å². The summed E-state index contributed by atoms with van der Waals surface area (Å²) in [5.74, 6) is 0.732. The molecule has 2 aromatic rings. The van der Waals surface area contributed by atoms with Crippen LogP contribution in [-0.4, -0.2) is 37.4 Å². The highest BCUT2D eigenvalue weighted by Crippen LogP contribution is 2.18. The Balaban J connectivity index is 1.98. The Hall–Kier alpha value is -1.38. The number of aromatic nitrogens is 4. The van der Waals surface area contributed by atoms with Crippen molar-refractivity contribution in [3.8, 4) is 0 Å². The number of hydrogen-bond donors (Lipinski definition) is 2. The number of nitrogens with zero attached hydrogens (tertiary/aromatic N) is 4. The van der Waals surface area contributed by atoms with E-state index in [2.05, 4.69) is 15.5 Å². The van der Waals surface area contributed by atoms with Crippen LogP contribution in [0.2, 0.25) is 0 Å². The molecule has 2 N–H and O–H groups in total. The van der Waals surface area contributed by atoms with Crippen LogP contribution in [0, 0.1) is 0 Å². The van der Waals surface area contributed by atoms with Gasteiger partial charge in [-0.2, -0.15) is 0 Å². The first-order chi connectivity index (χ1) is 8.16. The molecule has 0 spiro atoms. The fourth-order valence-electron chi connectivity index (χ4n) is 1.28. The molecule has 0 aliphatic rings. The SMILES string of the molecule is Cn1nnnc1SCc1ccc(B(O)O)cc1. The zero-order chi connectivity index (χ0) is 12.3. The highest BCUT2D eigenvalue weighted by molar-refractivity contribution is 7.98. The number of aryl methyl sites for hydroxylation is 1. The topological polar surface area (TPSA) is 84.1 Å². The van der Waals surface area contributed by atoms with Crippen LogP contribution in [0.5, 0.6) is 0 Å². The van der Waals surface area contributed by atoms with Gasteiger partial charge in [-0.3, -0.25) is 0 Å². The Morgan fingerprint density at radius 1 is 1.29 bits per heavy atom. The van der Waals surface area contributed by atoms with E-state index in [4.69, 9.17) is 10.0 Å². The molecule has 0 atom stereocenters. The molecule has 0 saturated carbocycles. The predicted molar refractivity (Wildman–Crippen MR) is 64.6 cm³/mol. The summed E-state index contributed by atoms with van der Waals surface area (Å²) in [6.07, 6.45) is 0. The second kappa shape index (κ2) is 5.30. The van der Waals surface area contributed by atoms with Crippen molar-refractivity contribution in [3.05, 3.63) is 29.8 Å². The lowest BCUT2D eigenvalue weighted by molar-refractivity contribution is 0.426. The third-order valence-electron chi connectivity index (χ3n) is 2.23. The summed E-state index contributed by atoms with van der Waals surface area (Å²) in [6, 6.07) is 7.09. The molecule has 1 heterocycles. The number of thioether (sulfide) groups is 1. The van der Waals surface area contributed by atoms with E-state index in [1.54, 1.807) is 23.9 Å². The molecule has 0 saturated heterocycles. The van der Waals surface area contributed by atoms with E-state index in [0.29, 0.717) is 5.46 Å². The van der Waals surface area contributed by atoms with Crippen molar-refractivity contribution in [1.29, 1.82) is 0 Å². The predicted octanol–water partition coefficient (Wildman–Crippen LogP) is -0.818. The highest BCUT2D eigenvalue weighted by Gasteiger charge is 2.10. The van der Waals surface area contributed by atoms with Crippen molar-refractivity contribution in [1.82, 2.24) is 20.2 Å². The molecular formula is C9H11BN4O2S. The van der Waals surface area contributed by atoms with Crippen LogP contribution in [0.15, 0.2) is 29.4 Å². The van der Waals surface area contributed by atoms with Crippen LogP contribution in [0.1, 0.15) is 5.56 Å². The quantitative estimate of drug-likeness (QED) is 0.545. The average Bonchev–Trinajstić information content (AvgIpc) is 2.73. The molecular weight excluding hydrogens is 239 g/mol. The zero-order valence-corrected chi connectivity index (χ0v) is 10.0. The Labute approximate surface area is 103 Å². The molecule has 0 radical (unpaired) electrons. The van der Waals surface area contributed by atoms with Gasteiger partial charge in [-0.1, -0.05) is 36.0 Å². The first kappa shape index (κ1) is 12.1. The van der Waals surface area contributed by atoms with Crippen molar-refractivity contribution in [2.24, 2.45) is 7.05 Å². The fraction of sp³-hybridized carbons (Fsp3) is 0.222. The molecule has 1 aromatic carbocycles. The van der Waals surface area contributed by atoms with Crippen molar-refractivity contribution in [2.75, 3.05) is 0 Å². The van der Waals surface area contributed by atoms with Gasteiger partial charge in [0.2, 0.25) is 5.16 Å². The van der Waals surface area contributed by atoms with Gasteiger partial charge >= 0.3 is 7.12 Å². The van der Waals surface area contributed by atoms with E-state index in [-0.39, 0.29) is 0 Å². The summed E-state index contributed by atoms with van der Waals surface area (Å²) < 4.78 is 1.61. The molecule has 0 unspecified atom stereocenters. The minimum absolute atomic E-state index is 0.485. The van der Waals surface area contributed by atoms with Gasteiger partial charge in [0, 0.05) is 12.8 Å². The minimum Gasteiger partial charge on any atom is -0.423 e. The Bertz CT molecular complexity index is 488. The number of rotatable bonds is 4. The van der Waals surface area contributed by atoms with Crippen molar-refractivity contribution < 1.29 is 10.0 Å². The molecule has 1 aromatic heterocycles. The summed E-state index contributed by atoms with van der Waals surface area (Å²) in [5.41, 5.74) is 1.56. The summed E-state index contributed by atoms with van der Waals surface area (Å²) in [5, 5.41) is 29.8. The maximum Gasteiger partial charge on any atom is 0.488 e. The number of tetrazole rings is 1. The molecule has 0 bridgehead atoms. The van der Waals surface area contributed by atoms with Crippen molar-refractivity contribution in [3.63, 3.8) is 0 Å². The molecule has 0 aliphatic carbocycles. The summed E-state index contributed by atoms with van der Waals surface area (Å²) in [6.45, 7) is 0. The molecule has 0 aliphatic heterocycles. The Morgan fingerprint density at radius 2 is 2.00 bits per heavy atom. The molecule has 0 amide bonds. The summed E-state index contributed by atoms with van der Waals surface area (Å²) in [7, 11) is 0.368. The lowest BCUT2D eigenvalue weighted by Gasteiger charge is -2.02. The number of benzene rings is 1. The van der Waals surface area contributed by atoms with Crippen molar-refractivity contribution in [2.45, 2.75) is 10.9 Å². The van der Waals surface area contributed by atoms with Crippen LogP contribution in [0.25, 0.3) is 0 Å². The maximum atomic E-state index is 8.95. The van der Waals surface area contributed by atoms with Crippen molar-refractivity contribution >= 4 is 24.3 Å². The van der Waals surface area contributed by atoms with Crippen LogP contribution in [-0.2, 0) is 12.8 Å². The van der Waals surface area contributed by atoms with E-state index < -0.39 is 7.12 Å². The standard InChI is InChI=1S/C9H11BN4O2S/c1-14-9(11-12-13-14)17-6-7-2-4-8(5-3-7)10(15)16/h2-5,15-16H,6H2,1H3. The van der Waals surface area contributed by atoms with E-state index in [9.17, 15) is 0 Å². The van der Waals surface area contributed by atoms with Crippen LogP contribution in [0.4, 0.5) is 0 Å². The van der Waals surface area contributed by atoms with Gasteiger partial charge in [-0.05, 0) is 21.5 Å². The maximum absolute atomic E-state index is 8.95. The lowest BCUT2D eigenvalue weighted by atomic mass is 9.80. The molecule has 17 heavy (non-hydrogen) atoms. The monoisotopic (exact) mass is 250 g/mol. The van der Waals surface area contributed by atoms with Gasteiger partial charge in [-0.25, -0.2) is 4.68 Å². The largest absolute Gasteiger partial charge is 0.488 e. The fourth-order valence-corrected chi connectivity index (χ4v) is 2.08. The third-order valence-corrected chi connectivity index (χ3v) is 3.31. The van der Waals surface area contributed by atoms with Gasteiger partial charge in [0.1, 0.15) is 0 Å². The highest BCUT2D eigenvalue weighted by atomic mass is 32.2. The molecule has 6 nitrogen and oxygen atoms in total. The van der Waals surface area contributed by atoms with Gasteiger partial charge in [0.05, 0.1) is 0 Å². The first-order valence-corrected chi connectivity index (χ1v) is 5.95. The van der Waals surface area contributed by atoms with Crippen LogP contribution < -0.4 is 5.46 Å². The Kier molecular flexibility index (Phi) is 3.77. The molecule has 0 fully saturated rings. The second-order valence-electron chi connectivity index (χ2n) is 3.49. The normalized spacial score (nSPS) is 10.5. The summed E-state index contributed by atoms with van der Waals surface area (Å²) in [4.78, 5) is 0. The van der Waals surface area contributed by atoms with Gasteiger partial charge in [-0.15, -0.1) is 5.10 Å². The number of hydrogen-bond acceptors (Lipinski definition) is 6. The Morgan fingerprint density at radius 3 is 2.53 bits per heavy atom. The summed E-state index contributed by atoms with van der Waals surface area (Å²) >= 11 is 1.52. The zero-order valence-electron chi connectivity index (χ0n) is 9.19. The van der Waals surface area contributed by atoms with Crippen LogP contribution >= 0.6 is 11.8 Å².